The first kappa shape index (κ1) is 23.4. The van der Waals surface area contributed by atoms with Crippen LogP contribution < -0.4 is 4.90 Å². The largest absolute Gasteiger partial charge is 0.352 e. The normalized spacial score (nSPS) is 13.8. The van der Waals surface area contributed by atoms with Gasteiger partial charge in [-0.1, -0.05) is 48.0 Å². The number of anilines is 1. The van der Waals surface area contributed by atoms with Crippen LogP contribution in [0.2, 0.25) is 0 Å². The Morgan fingerprint density at radius 3 is 2.15 bits per heavy atom. The van der Waals surface area contributed by atoms with E-state index in [0.717, 1.165) is 22.6 Å². The van der Waals surface area contributed by atoms with Crippen molar-refractivity contribution in [1.29, 1.82) is 0 Å². The van der Waals surface area contributed by atoms with Gasteiger partial charge in [0, 0.05) is 43.3 Å². The summed E-state index contributed by atoms with van der Waals surface area (Å²) in [6, 6.07) is 21.3. The number of rotatable bonds is 6. The SMILES string of the molecule is Cc1ccc(C(=O)N(CC(=O)N2CCN(c3ccc(-c4ccccc4)nn3)CC2)C(C)C)cc1. The number of carbonyl (C=O) groups is 2. The summed E-state index contributed by atoms with van der Waals surface area (Å²) in [5.74, 6) is 0.667. The van der Waals surface area contributed by atoms with Crippen LogP contribution in [-0.2, 0) is 4.79 Å². The lowest BCUT2D eigenvalue weighted by Crippen LogP contribution is -2.53. The lowest BCUT2D eigenvalue weighted by atomic mass is 10.1. The summed E-state index contributed by atoms with van der Waals surface area (Å²) in [5.41, 5.74) is 3.58. The highest BCUT2D eigenvalue weighted by molar-refractivity contribution is 5.96. The minimum atomic E-state index is -0.115. The average molecular weight is 458 g/mol. The van der Waals surface area contributed by atoms with E-state index in [1.165, 1.54) is 0 Å². The van der Waals surface area contributed by atoms with Gasteiger partial charge in [0.05, 0.1) is 5.69 Å². The van der Waals surface area contributed by atoms with Crippen LogP contribution in [0.15, 0.2) is 66.7 Å². The molecule has 176 valence electrons. The quantitative estimate of drug-likeness (QED) is 0.565. The first-order valence-corrected chi connectivity index (χ1v) is 11.7. The molecule has 0 N–H and O–H groups in total. The van der Waals surface area contributed by atoms with Crippen molar-refractivity contribution >= 4 is 17.6 Å². The first-order valence-electron chi connectivity index (χ1n) is 11.7. The Morgan fingerprint density at radius 1 is 0.882 bits per heavy atom. The summed E-state index contributed by atoms with van der Waals surface area (Å²) in [6.07, 6.45) is 0. The summed E-state index contributed by atoms with van der Waals surface area (Å²) in [7, 11) is 0. The molecule has 0 radical (unpaired) electrons. The van der Waals surface area contributed by atoms with E-state index in [1.807, 2.05) is 92.4 Å². The molecule has 0 bridgehead atoms. The summed E-state index contributed by atoms with van der Waals surface area (Å²) in [5, 5.41) is 8.78. The Kier molecular flexibility index (Phi) is 7.21. The smallest absolute Gasteiger partial charge is 0.254 e. The zero-order valence-corrected chi connectivity index (χ0v) is 20.0. The molecule has 1 saturated heterocycles. The van der Waals surface area contributed by atoms with Crippen molar-refractivity contribution in [3.63, 3.8) is 0 Å². The Bertz CT molecular complexity index is 1110. The lowest BCUT2D eigenvalue weighted by molar-refractivity contribution is -0.132. The van der Waals surface area contributed by atoms with Crippen LogP contribution in [0, 0.1) is 6.92 Å². The maximum atomic E-state index is 13.0. The van der Waals surface area contributed by atoms with Gasteiger partial charge in [-0.15, -0.1) is 10.2 Å². The molecule has 0 aliphatic carbocycles. The number of aryl methyl sites for hydroxylation is 1. The number of piperazine rings is 1. The number of hydrogen-bond donors (Lipinski definition) is 0. The van der Waals surface area contributed by atoms with Gasteiger partial charge in [-0.05, 0) is 45.0 Å². The second kappa shape index (κ2) is 10.5. The van der Waals surface area contributed by atoms with Crippen molar-refractivity contribution in [3.8, 4) is 11.3 Å². The fourth-order valence-electron chi connectivity index (χ4n) is 4.04. The van der Waals surface area contributed by atoms with Crippen LogP contribution in [-0.4, -0.2) is 70.6 Å². The number of carbonyl (C=O) groups excluding carboxylic acids is 2. The third-order valence-corrected chi connectivity index (χ3v) is 6.16. The van der Waals surface area contributed by atoms with Gasteiger partial charge in [-0.2, -0.15) is 0 Å². The summed E-state index contributed by atoms with van der Waals surface area (Å²) >= 11 is 0. The lowest BCUT2D eigenvalue weighted by Gasteiger charge is -2.36. The van der Waals surface area contributed by atoms with Gasteiger partial charge in [-0.3, -0.25) is 9.59 Å². The number of nitrogens with zero attached hydrogens (tertiary/aromatic N) is 5. The Hall–Kier alpha value is -3.74. The summed E-state index contributed by atoms with van der Waals surface area (Å²) in [4.78, 5) is 31.7. The van der Waals surface area contributed by atoms with E-state index in [4.69, 9.17) is 0 Å². The molecule has 0 atom stereocenters. The van der Waals surface area contributed by atoms with E-state index in [-0.39, 0.29) is 24.4 Å². The highest BCUT2D eigenvalue weighted by Crippen LogP contribution is 2.19. The van der Waals surface area contributed by atoms with Crippen LogP contribution in [0.25, 0.3) is 11.3 Å². The van der Waals surface area contributed by atoms with Gasteiger partial charge in [0.2, 0.25) is 5.91 Å². The third kappa shape index (κ3) is 5.42. The van der Waals surface area contributed by atoms with Gasteiger partial charge in [0.25, 0.3) is 5.91 Å². The van der Waals surface area contributed by atoms with Crippen molar-refractivity contribution in [2.45, 2.75) is 26.8 Å². The number of benzene rings is 2. The molecular weight excluding hydrogens is 426 g/mol. The zero-order valence-electron chi connectivity index (χ0n) is 20.0. The zero-order chi connectivity index (χ0) is 24.1. The van der Waals surface area contributed by atoms with Crippen LogP contribution in [0.5, 0.6) is 0 Å². The van der Waals surface area contributed by atoms with Gasteiger partial charge < -0.3 is 14.7 Å². The summed E-state index contributed by atoms with van der Waals surface area (Å²) < 4.78 is 0. The molecule has 2 heterocycles. The van der Waals surface area contributed by atoms with Gasteiger partial charge >= 0.3 is 0 Å². The first-order chi connectivity index (χ1) is 16.4. The van der Waals surface area contributed by atoms with Crippen molar-refractivity contribution in [2.24, 2.45) is 0 Å². The molecule has 2 amide bonds. The van der Waals surface area contributed by atoms with E-state index in [9.17, 15) is 9.59 Å². The molecule has 0 unspecified atom stereocenters. The predicted octanol–water partition coefficient (Wildman–Crippen LogP) is 3.65. The van der Waals surface area contributed by atoms with Gasteiger partial charge in [0.15, 0.2) is 5.82 Å². The predicted molar refractivity (Wildman–Crippen MR) is 134 cm³/mol. The minimum absolute atomic E-state index is 0.0284. The van der Waals surface area contributed by atoms with Crippen LogP contribution in [0.3, 0.4) is 0 Å². The highest BCUT2D eigenvalue weighted by Gasteiger charge is 2.27. The van der Waals surface area contributed by atoms with Crippen LogP contribution in [0.4, 0.5) is 5.82 Å². The van der Waals surface area contributed by atoms with Crippen molar-refractivity contribution in [3.05, 3.63) is 77.9 Å². The number of aromatic nitrogens is 2. The standard InChI is InChI=1S/C27H31N5O2/c1-20(2)32(27(34)23-11-9-21(3)10-12-23)19-26(33)31-17-15-30(16-18-31)25-14-13-24(28-29-25)22-7-5-4-6-8-22/h4-14,20H,15-19H2,1-3H3. The van der Waals surface area contributed by atoms with Gasteiger partial charge in [-0.25, -0.2) is 0 Å². The van der Waals surface area contributed by atoms with Crippen molar-refractivity contribution in [1.82, 2.24) is 20.0 Å². The van der Waals surface area contributed by atoms with Gasteiger partial charge in [0.1, 0.15) is 6.54 Å². The van der Waals surface area contributed by atoms with Crippen LogP contribution in [0.1, 0.15) is 29.8 Å². The molecule has 1 fully saturated rings. The Labute approximate surface area is 201 Å². The molecule has 1 aliphatic heterocycles. The molecule has 3 aromatic rings. The molecule has 0 saturated carbocycles. The molecule has 7 nitrogen and oxygen atoms in total. The molecule has 2 aromatic carbocycles. The monoisotopic (exact) mass is 457 g/mol. The fourth-order valence-corrected chi connectivity index (χ4v) is 4.04. The van der Waals surface area contributed by atoms with E-state index < -0.39 is 0 Å². The molecule has 4 rings (SSSR count). The molecule has 1 aliphatic rings. The highest BCUT2D eigenvalue weighted by atomic mass is 16.2. The maximum Gasteiger partial charge on any atom is 0.254 e. The maximum absolute atomic E-state index is 13.0. The second-order valence-electron chi connectivity index (χ2n) is 8.90. The molecular formula is C27H31N5O2. The van der Waals surface area contributed by atoms with E-state index in [2.05, 4.69) is 15.1 Å². The third-order valence-electron chi connectivity index (χ3n) is 6.16. The van der Waals surface area contributed by atoms with E-state index in [1.54, 1.807) is 4.90 Å². The number of hydrogen-bond acceptors (Lipinski definition) is 5. The number of amides is 2. The Morgan fingerprint density at radius 2 is 1.56 bits per heavy atom. The van der Waals surface area contributed by atoms with E-state index in [0.29, 0.717) is 31.7 Å². The molecule has 34 heavy (non-hydrogen) atoms. The second-order valence-corrected chi connectivity index (χ2v) is 8.90. The Balaban J connectivity index is 1.34. The van der Waals surface area contributed by atoms with E-state index >= 15 is 0 Å². The van der Waals surface area contributed by atoms with Crippen molar-refractivity contribution in [2.75, 3.05) is 37.6 Å². The topological polar surface area (TPSA) is 69.6 Å². The average Bonchev–Trinajstić information content (AvgIpc) is 2.88. The molecule has 7 heteroatoms. The van der Waals surface area contributed by atoms with Crippen LogP contribution >= 0.6 is 0 Å². The molecule has 0 spiro atoms. The minimum Gasteiger partial charge on any atom is -0.352 e. The fraction of sp³-hybridized carbons (Fsp3) is 0.333. The molecule has 1 aromatic heterocycles. The van der Waals surface area contributed by atoms with Crippen molar-refractivity contribution < 1.29 is 9.59 Å². The summed E-state index contributed by atoms with van der Waals surface area (Å²) in [6.45, 7) is 8.48.